The highest BCUT2D eigenvalue weighted by Gasteiger charge is 2.25. The minimum absolute atomic E-state index is 0.258. The van der Waals surface area contributed by atoms with Crippen molar-refractivity contribution in [2.75, 3.05) is 23.8 Å². The Hall–Kier alpha value is -5.19. The van der Waals surface area contributed by atoms with Gasteiger partial charge in [0.2, 0.25) is 0 Å². The Morgan fingerprint density at radius 2 is 1.30 bits per heavy atom. The van der Waals surface area contributed by atoms with E-state index in [9.17, 15) is 9.90 Å². The molecule has 1 heterocycles. The molecule has 0 spiro atoms. The molecule has 0 saturated heterocycles. The van der Waals surface area contributed by atoms with Crippen molar-refractivity contribution in [1.29, 1.82) is 0 Å². The molecule has 1 unspecified atom stereocenters. The number of carbonyl (C=O) groups excluding carboxylic acids is 1. The highest BCUT2D eigenvalue weighted by atomic mass is 16.5. The normalized spacial score (nSPS) is 14.6. The number of nitrogens with zero attached hydrogens (tertiary/aromatic N) is 4. The number of nitrogens with one attached hydrogen (secondary N) is 2. The maximum absolute atomic E-state index is 12.1. The molecule has 1 aliphatic rings. The van der Waals surface area contributed by atoms with Crippen LogP contribution in [0.25, 0.3) is 21.5 Å². The molecule has 0 fully saturated rings. The molecule has 10 nitrogen and oxygen atoms in total. The molecule has 0 aliphatic carbocycles. The van der Waals surface area contributed by atoms with Crippen LogP contribution < -0.4 is 10.6 Å². The summed E-state index contributed by atoms with van der Waals surface area (Å²) < 4.78 is 4.98. The molecule has 5 aromatic rings. The van der Waals surface area contributed by atoms with E-state index in [0.29, 0.717) is 22.6 Å². The van der Waals surface area contributed by atoms with Gasteiger partial charge in [-0.15, -0.1) is 15.3 Å². The number of carbonyl (C=O) groups is 1. The fourth-order valence-corrected chi connectivity index (χ4v) is 5.02. The van der Waals surface area contributed by atoms with Crippen LogP contribution in [-0.2, 0) is 4.74 Å². The number of hydrogen-bond donors (Lipinski definition) is 4. The number of hydrogen-bond acceptors (Lipinski definition) is 10. The van der Waals surface area contributed by atoms with E-state index in [-0.39, 0.29) is 12.3 Å². The van der Waals surface area contributed by atoms with Crippen LogP contribution in [0.3, 0.4) is 0 Å². The zero-order valence-electron chi connectivity index (χ0n) is 23.7. The monoisotopic (exact) mass is 574 g/mol. The zero-order valence-corrected chi connectivity index (χ0v) is 23.7. The minimum Gasteiger partial charge on any atom is -0.459 e. The molecule has 43 heavy (non-hydrogen) atoms. The summed E-state index contributed by atoms with van der Waals surface area (Å²) in [4.78, 5) is 12.1. The van der Waals surface area contributed by atoms with Gasteiger partial charge in [0, 0.05) is 32.9 Å². The van der Waals surface area contributed by atoms with Crippen molar-refractivity contribution in [3.8, 4) is 0 Å². The smallest absolute Gasteiger partial charge is 0.338 e. The Labute approximate surface area is 247 Å². The van der Waals surface area contributed by atoms with Crippen LogP contribution >= 0.6 is 0 Å². The van der Waals surface area contributed by atoms with Crippen molar-refractivity contribution in [1.82, 2.24) is 0 Å². The standard InChI is InChI=1S/C33H30N6O4/c1-33(2)34-29-9-5-8-25-28(16-17-30(35-33)31(25)29)39-38-27-15-14-26(23-6-3-4-7-24(23)27)37-36-21-12-10-20(11-13-21)32(42)43-19-22(41)18-40/h3-17,22,34-35,40-41H,18-19H2,1-2H3. The van der Waals surface area contributed by atoms with Gasteiger partial charge >= 0.3 is 5.97 Å². The Morgan fingerprint density at radius 3 is 1.95 bits per heavy atom. The molecular weight excluding hydrogens is 544 g/mol. The fraction of sp³-hybridized carbons (Fsp3) is 0.182. The Kier molecular flexibility index (Phi) is 7.54. The van der Waals surface area contributed by atoms with Crippen molar-refractivity contribution in [2.24, 2.45) is 20.5 Å². The summed E-state index contributed by atoms with van der Waals surface area (Å²) in [5.41, 5.74) is 4.85. The Morgan fingerprint density at radius 1 is 0.744 bits per heavy atom. The Balaban J connectivity index is 1.24. The van der Waals surface area contributed by atoms with Gasteiger partial charge in [-0.3, -0.25) is 0 Å². The molecule has 216 valence electrons. The molecule has 1 atom stereocenters. The summed E-state index contributed by atoms with van der Waals surface area (Å²) in [6.07, 6.45) is -1.11. The van der Waals surface area contributed by atoms with Gasteiger partial charge < -0.3 is 25.6 Å². The molecule has 1 aliphatic heterocycles. The van der Waals surface area contributed by atoms with Crippen molar-refractivity contribution in [3.63, 3.8) is 0 Å². The lowest BCUT2D eigenvalue weighted by Gasteiger charge is -2.36. The van der Waals surface area contributed by atoms with Crippen molar-refractivity contribution in [3.05, 3.63) is 96.6 Å². The van der Waals surface area contributed by atoms with E-state index >= 15 is 0 Å². The summed E-state index contributed by atoms with van der Waals surface area (Å²) >= 11 is 0. The molecule has 4 N–H and O–H groups in total. The number of benzene rings is 5. The second-order valence-corrected chi connectivity index (χ2v) is 10.8. The van der Waals surface area contributed by atoms with E-state index in [1.54, 1.807) is 24.3 Å². The number of fused-ring (bicyclic) bond motifs is 1. The first-order valence-electron chi connectivity index (χ1n) is 13.8. The van der Waals surface area contributed by atoms with Gasteiger partial charge in [-0.25, -0.2) is 4.79 Å². The summed E-state index contributed by atoms with van der Waals surface area (Å²) in [7, 11) is 0. The molecule has 10 heteroatoms. The summed E-state index contributed by atoms with van der Waals surface area (Å²) in [6.45, 7) is 3.44. The van der Waals surface area contributed by atoms with Crippen LogP contribution in [0, 0.1) is 0 Å². The first-order valence-corrected chi connectivity index (χ1v) is 13.8. The van der Waals surface area contributed by atoms with Crippen LogP contribution in [0.15, 0.2) is 111 Å². The Bertz CT molecular complexity index is 1870. The summed E-state index contributed by atoms with van der Waals surface area (Å²) in [6, 6.07) is 28.2. The SMILES string of the molecule is CC1(C)Nc2cccc3c(N=Nc4ccc(N=Nc5ccc(C(=O)OCC(O)CO)cc5)c5ccccc45)ccc(c23)N1. The first kappa shape index (κ1) is 28.0. The maximum atomic E-state index is 12.1. The van der Waals surface area contributed by atoms with Crippen LogP contribution in [0.4, 0.5) is 34.1 Å². The molecule has 0 radical (unpaired) electrons. The topological polar surface area (TPSA) is 140 Å². The maximum Gasteiger partial charge on any atom is 0.338 e. The highest BCUT2D eigenvalue weighted by molar-refractivity contribution is 6.09. The molecule has 6 rings (SSSR count). The largest absolute Gasteiger partial charge is 0.459 e. The molecule has 0 amide bonds. The third-order valence-electron chi connectivity index (χ3n) is 7.05. The molecular formula is C33H30N6O4. The number of aliphatic hydroxyl groups is 2. The third kappa shape index (κ3) is 5.92. The van der Waals surface area contributed by atoms with Crippen molar-refractivity contribution >= 4 is 61.6 Å². The molecule has 0 bridgehead atoms. The van der Waals surface area contributed by atoms with E-state index in [0.717, 1.165) is 38.6 Å². The predicted octanol–water partition coefficient (Wildman–Crippen LogP) is 7.91. The minimum atomic E-state index is -1.11. The second-order valence-electron chi connectivity index (χ2n) is 10.8. The van der Waals surface area contributed by atoms with Gasteiger partial charge in [-0.2, -0.15) is 5.11 Å². The van der Waals surface area contributed by atoms with Crippen LogP contribution in [0.1, 0.15) is 24.2 Å². The third-order valence-corrected chi connectivity index (χ3v) is 7.05. The van der Waals surface area contributed by atoms with E-state index in [1.165, 1.54) is 0 Å². The number of azo groups is 2. The number of ether oxygens (including phenoxy) is 1. The number of esters is 1. The summed E-state index contributed by atoms with van der Waals surface area (Å²) in [5.74, 6) is -0.600. The van der Waals surface area contributed by atoms with Gasteiger partial charge in [-0.05, 0) is 68.4 Å². The van der Waals surface area contributed by atoms with E-state index in [2.05, 4.69) is 57.1 Å². The predicted molar refractivity (Wildman–Crippen MR) is 167 cm³/mol. The fourth-order valence-electron chi connectivity index (χ4n) is 5.02. The van der Waals surface area contributed by atoms with E-state index < -0.39 is 18.7 Å². The van der Waals surface area contributed by atoms with Crippen LogP contribution in [0.2, 0.25) is 0 Å². The highest BCUT2D eigenvalue weighted by Crippen LogP contribution is 2.42. The van der Waals surface area contributed by atoms with Crippen LogP contribution in [0.5, 0.6) is 0 Å². The van der Waals surface area contributed by atoms with Crippen LogP contribution in [-0.4, -0.2) is 41.2 Å². The van der Waals surface area contributed by atoms with Gasteiger partial charge in [0.15, 0.2) is 0 Å². The van der Waals surface area contributed by atoms with Crippen molar-refractivity contribution in [2.45, 2.75) is 25.6 Å². The summed E-state index contributed by atoms with van der Waals surface area (Å²) in [5, 5.41) is 47.2. The second kappa shape index (κ2) is 11.6. The van der Waals surface area contributed by atoms with Gasteiger partial charge in [0.1, 0.15) is 18.4 Å². The quantitative estimate of drug-likeness (QED) is 0.110. The average molecular weight is 575 g/mol. The van der Waals surface area contributed by atoms with Crippen molar-refractivity contribution < 1.29 is 19.7 Å². The van der Waals surface area contributed by atoms with Gasteiger partial charge in [0.25, 0.3) is 0 Å². The molecule has 5 aromatic carbocycles. The lowest BCUT2D eigenvalue weighted by atomic mass is 10.00. The zero-order chi connectivity index (χ0) is 30.0. The molecule has 0 aromatic heterocycles. The number of aliphatic hydroxyl groups excluding tert-OH is 2. The van der Waals surface area contributed by atoms with E-state index in [1.807, 2.05) is 54.6 Å². The number of rotatable bonds is 8. The average Bonchev–Trinajstić information content (AvgIpc) is 3.02. The number of anilines is 2. The van der Waals surface area contributed by atoms with Gasteiger partial charge in [-0.1, -0.05) is 36.4 Å². The lowest BCUT2D eigenvalue weighted by molar-refractivity contribution is 0.00933. The molecule has 0 saturated carbocycles. The van der Waals surface area contributed by atoms with E-state index in [4.69, 9.17) is 9.84 Å². The van der Waals surface area contributed by atoms with Gasteiger partial charge in [0.05, 0.1) is 34.9 Å². The first-order chi connectivity index (χ1) is 20.8. The lowest BCUT2D eigenvalue weighted by Crippen LogP contribution is -2.41.